The molecular formula is C50H29NO3. The Balaban J connectivity index is 1.14. The average Bonchev–Trinajstić information content (AvgIpc) is 3.92. The highest BCUT2D eigenvalue weighted by Gasteiger charge is 2.21. The van der Waals surface area contributed by atoms with Gasteiger partial charge in [-0.2, -0.15) is 0 Å². The Bertz CT molecular complexity index is 3470. The summed E-state index contributed by atoms with van der Waals surface area (Å²) >= 11 is 0. The molecule has 0 saturated carbocycles. The van der Waals surface area contributed by atoms with Gasteiger partial charge in [-0.1, -0.05) is 109 Å². The lowest BCUT2D eigenvalue weighted by Crippen LogP contribution is -2.10. The fourth-order valence-electron chi connectivity index (χ4n) is 8.54. The Morgan fingerprint density at radius 1 is 0.315 bits per heavy atom. The van der Waals surface area contributed by atoms with Gasteiger partial charge in [0.1, 0.15) is 33.5 Å². The highest BCUT2D eigenvalue weighted by molar-refractivity contribution is 6.18. The van der Waals surface area contributed by atoms with E-state index in [-0.39, 0.29) is 0 Å². The van der Waals surface area contributed by atoms with Crippen LogP contribution in [0.4, 0.5) is 17.1 Å². The molecule has 9 aromatic carbocycles. The van der Waals surface area contributed by atoms with Crippen LogP contribution in [0.15, 0.2) is 189 Å². The highest BCUT2D eigenvalue weighted by atomic mass is 16.3. The lowest BCUT2D eigenvalue weighted by atomic mass is 9.94. The molecule has 0 spiro atoms. The van der Waals surface area contributed by atoms with Crippen LogP contribution in [0.1, 0.15) is 0 Å². The first-order valence-electron chi connectivity index (χ1n) is 18.2. The number of furan rings is 3. The number of benzene rings is 9. The van der Waals surface area contributed by atoms with Crippen LogP contribution in [-0.2, 0) is 0 Å². The lowest BCUT2D eigenvalue weighted by Gasteiger charge is -2.28. The molecule has 0 aliphatic rings. The molecule has 3 aromatic heterocycles. The summed E-state index contributed by atoms with van der Waals surface area (Å²) in [6.45, 7) is 0. The van der Waals surface area contributed by atoms with E-state index >= 15 is 0 Å². The largest absolute Gasteiger partial charge is 0.456 e. The minimum atomic E-state index is 0.847. The second kappa shape index (κ2) is 11.1. The topological polar surface area (TPSA) is 42.7 Å². The second-order valence-electron chi connectivity index (χ2n) is 14.1. The molecule has 0 amide bonds. The molecule has 4 heteroatoms. The Kier molecular flexibility index (Phi) is 6.02. The lowest BCUT2D eigenvalue weighted by molar-refractivity contribution is 0.668. The van der Waals surface area contributed by atoms with Gasteiger partial charge in [0.05, 0.1) is 5.69 Å². The SMILES string of the molecule is c1ccc2c(c1)cc(N(c1ccc3c(c1)oc1ccccc13)c1ccc3oc4ccccc4c3c1)c1ccc(-c3cccc4c3oc3ccccc34)cc12. The van der Waals surface area contributed by atoms with E-state index in [0.717, 1.165) is 105 Å². The summed E-state index contributed by atoms with van der Waals surface area (Å²) in [7, 11) is 0. The Labute approximate surface area is 308 Å². The first-order valence-corrected chi connectivity index (χ1v) is 18.2. The standard InChI is InChI=1S/C50H29NO3/c1-2-11-34-30(10-1)27-44(36-23-20-31(26-42(34)36)35-15-9-16-41-38-13-4-8-19-47(38)54-50(35)41)51(32-22-25-48-43(28-32)39-14-5-7-18-46(39)52-48)33-21-24-40-37-12-3-6-17-45(37)53-49(40)29-33/h1-29H. The Morgan fingerprint density at radius 2 is 0.889 bits per heavy atom. The smallest absolute Gasteiger partial charge is 0.143 e. The highest BCUT2D eigenvalue weighted by Crippen LogP contribution is 2.46. The maximum Gasteiger partial charge on any atom is 0.143 e. The van der Waals surface area contributed by atoms with E-state index in [9.17, 15) is 0 Å². The van der Waals surface area contributed by atoms with Crippen LogP contribution in [0, 0.1) is 0 Å². The van der Waals surface area contributed by atoms with Crippen LogP contribution in [-0.4, -0.2) is 0 Å². The summed E-state index contributed by atoms with van der Waals surface area (Å²) in [6.07, 6.45) is 0. The van der Waals surface area contributed by atoms with Gasteiger partial charge in [0.25, 0.3) is 0 Å². The molecule has 0 atom stereocenters. The monoisotopic (exact) mass is 691 g/mol. The molecule has 0 aliphatic heterocycles. The molecule has 0 radical (unpaired) electrons. The number of hydrogen-bond donors (Lipinski definition) is 0. The van der Waals surface area contributed by atoms with Crippen LogP contribution < -0.4 is 4.90 Å². The zero-order valence-electron chi connectivity index (χ0n) is 28.9. The third-order valence-electron chi connectivity index (χ3n) is 11.0. The predicted octanol–water partition coefficient (Wildman–Crippen LogP) is 14.8. The second-order valence-corrected chi connectivity index (χ2v) is 14.1. The molecule has 0 saturated heterocycles. The Hall–Kier alpha value is -7.30. The van der Waals surface area contributed by atoms with Crippen molar-refractivity contribution in [1.82, 2.24) is 0 Å². The predicted molar refractivity (Wildman–Crippen MR) is 223 cm³/mol. The molecule has 0 fully saturated rings. The van der Waals surface area contributed by atoms with Gasteiger partial charge >= 0.3 is 0 Å². The van der Waals surface area contributed by atoms with E-state index in [2.05, 4.69) is 144 Å². The van der Waals surface area contributed by atoms with E-state index in [1.807, 2.05) is 36.4 Å². The van der Waals surface area contributed by atoms with Crippen molar-refractivity contribution in [3.63, 3.8) is 0 Å². The maximum atomic E-state index is 6.51. The zero-order chi connectivity index (χ0) is 35.3. The number of anilines is 3. The van der Waals surface area contributed by atoms with Crippen LogP contribution in [0.2, 0.25) is 0 Å². The molecule has 0 aliphatic carbocycles. The third-order valence-corrected chi connectivity index (χ3v) is 11.0. The van der Waals surface area contributed by atoms with Crippen LogP contribution in [0.3, 0.4) is 0 Å². The van der Waals surface area contributed by atoms with E-state index < -0.39 is 0 Å². The molecule has 4 nitrogen and oxygen atoms in total. The molecular weight excluding hydrogens is 663 g/mol. The molecule has 12 rings (SSSR count). The van der Waals surface area contributed by atoms with Gasteiger partial charge in [-0.25, -0.2) is 0 Å². The van der Waals surface area contributed by atoms with Gasteiger partial charge in [0, 0.05) is 60.7 Å². The van der Waals surface area contributed by atoms with Crippen molar-refractivity contribution < 1.29 is 13.3 Å². The fraction of sp³-hybridized carbons (Fsp3) is 0. The van der Waals surface area contributed by atoms with Gasteiger partial charge in [0.15, 0.2) is 0 Å². The first kappa shape index (κ1) is 29.3. The van der Waals surface area contributed by atoms with Crippen molar-refractivity contribution >= 4 is 104 Å². The van der Waals surface area contributed by atoms with Crippen molar-refractivity contribution in [2.24, 2.45) is 0 Å². The van der Waals surface area contributed by atoms with E-state index in [0.29, 0.717) is 0 Å². The summed E-state index contributed by atoms with van der Waals surface area (Å²) < 4.78 is 19.2. The molecule has 0 N–H and O–H groups in total. The number of nitrogens with zero attached hydrogens (tertiary/aromatic N) is 1. The molecule has 0 unspecified atom stereocenters. The summed E-state index contributed by atoms with van der Waals surface area (Å²) in [5, 5.41) is 11.3. The summed E-state index contributed by atoms with van der Waals surface area (Å²) in [5.41, 5.74) is 10.5. The van der Waals surface area contributed by atoms with Gasteiger partial charge in [-0.15, -0.1) is 0 Å². The number of rotatable bonds is 4. The third kappa shape index (κ3) is 4.25. The number of hydrogen-bond acceptors (Lipinski definition) is 4. The van der Waals surface area contributed by atoms with Crippen molar-refractivity contribution in [2.45, 2.75) is 0 Å². The quantitative estimate of drug-likeness (QED) is 0.172. The van der Waals surface area contributed by atoms with E-state index in [4.69, 9.17) is 13.3 Å². The van der Waals surface area contributed by atoms with Crippen LogP contribution in [0.5, 0.6) is 0 Å². The molecule has 252 valence electrons. The van der Waals surface area contributed by atoms with Gasteiger partial charge in [-0.3, -0.25) is 0 Å². The number of fused-ring (bicyclic) bond motifs is 12. The van der Waals surface area contributed by atoms with Crippen molar-refractivity contribution in [1.29, 1.82) is 0 Å². The fourth-order valence-corrected chi connectivity index (χ4v) is 8.54. The Morgan fingerprint density at radius 3 is 1.70 bits per heavy atom. The van der Waals surface area contributed by atoms with Crippen molar-refractivity contribution in [3.05, 3.63) is 176 Å². The maximum absolute atomic E-state index is 6.51. The normalized spacial score (nSPS) is 12.1. The van der Waals surface area contributed by atoms with Crippen molar-refractivity contribution in [3.8, 4) is 11.1 Å². The number of para-hydroxylation sites is 4. The summed E-state index contributed by atoms with van der Waals surface area (Å²) in [5.74, 6) is 0. The average molecular weight is 692 g/mol. The summed E-state index contributed by atoms with van der Waals surface area (Å²) in [6, 6.07) is 62.1. The van der Waals surface area contributed by atoms with Gasteiger partial charge in [0.2, 0.25) is 0 Å². The van der Waals surface area contributed by atoms with Crippen LogP contribution >= 0.6 is 0 Å². The zero-order valence-corrected chi connectivity index (χ0v) is 28.9. The molecule has 54 heavy (non-hydrogen) atoms. The van der Waals surface area contributed by atoms with E-state index in [1.165, 1.54) is 10.8 Å². The first-order chi connectivity index (χ1) is 26.7. The molecule has 3 heterocycles. The van der Waals surface area contributed by atoms with Crippen molar-refractivity contribution in [2.75, 3.05) is 4.90 Å². The minimum absolute atomic E-state index is 0.847. The van der Waals surface area contributed by atoms with Gasteiger partial charge in [-0.05, 0) is 82.4 Å². The van der Waals surface area contributed by atoms with Crippen LogP contribution in [0.25, 0.3) is 98.5 Å². The molecule has 0 bridgehead atoms. The van der Waals surface area contributed by atoms with E-state index in [1.54, 1.807) is 0 Å². The summed E-state index contributed by atoms with van der Waals surface area (Å²) in [4.78, 5) is 2.36. The van der Waals surface area contributed by atoms with Gasteiger partial charge < -0.3 is 18.2 Å². The minimum Gasteiger partial charge on any atom is -0.456 e. The molecule has 12 aromatic rings.